The lowest BCUT2D eigenvalue weighted by Gasteiger charge is -2.35. The predicted octanol–water partition coefficient (Wildman–Crippen LogP) is 2.17. The minimum absolute atomic E-state index is 0.0432. The largest absolute Gasteiger partial charge is 0.452 e. The number of carbonyl (C=O) groups is 1. The SMILES string of the molecule is COC(=O)N1c2ccc(NC3CCCS(=O)(=O)C3)c(N)c2CC[C@@H]1C. The van der Waals surface area contributed by atoms with E-state index >= 15 is 0 Å². The van der Waals surface area contributed by atoms with Gasteiger partial charge in [0.2, 0.25) is 0 Å². The molecular weight excluding hydrogens is 342 g/mol. The molecule has 0 radical (unpaired) electrons. The summed E-state index contributed by atoms with van der Waals surface area (Å²) in [5, 5.41) is 3.29. The summed E-state index contributed by atoms with van der Waals surface area (Å²) < 4.78 is 28.5. The Morgan fingerprint density at radius 3 is 2.80 bits per heavy atom. The monoisotopic (exact) mass is 367 g/mol. The van der Waals surface area contributed by atoms with Crippen LogP contribution >= 0.6 is 0 Å². The van der Waals surface area contributed by atoms with Crippen molar-refractivity contribution in [2.24, 2.45) is 0 Å². The van der Waals surface area contributed by atoms with Crippen molar-refractivity contribution in [3.8, 4) is 0 Å². The number of amides is 1. The maximum Gasteiger partial charge on any atom is 0.414 e. The normalized spacial score (nSPS) is 25.1. The fourth-order valence-corrected chi connectivity index (χ4v) is 5.36. The molecule has 7 nitrogen and oxygen atoms in total. The third kappa shape index (κ3) is 3.53. The molecule has 2 aliphatic rings. The maximum atomic E-state index is 12.1. The van der Waals surface area contributed by atoms with Gasteiger partial charge in [0.25, 0.3) is 0 Å². The van der Waals surface area contributed by atoms with E-state index in [-0.39, 0.29) is 23.6 Å². The van der Waals surface area contributed by atoms with Gasteiger partial charge in [-0.3, -0.25) is 4.90 Å². The lowest BCUT2D eigenvalue weighted by molar-refractivity contribution is 0.175. The molecule has 0 spiro atoms. The van der Waals surface area contributed by atoms with Crippen molar-refractivity contribution in [1.82, 2.24) is 0 Å². The minimum Gasteiger partial charge on any atom is -0.452 e. The number of carbonyl (C=O) groups excluding carboxylic acids is 1. The Hall–Kier alpha value is -1.96. The highest BCUT2D eigenvalue weighted by atomic mass is 32.2. The van der Waals surface area contributed by atoms with Crippen molar-refractivity contribution >= 4 is 33.0 Å². The topological polar surface area (TPSA) is 102 Å². The Labute approximate surface area is 148 Å². The van der Waals surface area contributed by atoms with Crippen LogP contribution in [0, 0.1) is 0 Å². The van der Waals surface area contributed by atoms with Crippen molar-refractivity contribution in [1.29, 1.82) is 0 Å². The van der Waals surface area contributed by atoms with Crippen molar-refractivity contribution in [2.45, 2.75) is 44.7 Å². The zero-order valence-corrected chi connectivity index (χ0v) is 15.4. The number of nitrogens with one attached hydrogen (secondary N) is 1. The van der Waals surface area contributed by atoms with Gasteiger partial charge >= 0.3 is 6.09 Å². The molecule has 2 heterocycles. The molecule has 1 unspecified atom stereocenters. The molecule has 1 saturated heterocycles. The van der Waals surface area contributed by atoms with Gasteiger partial charge in [-0.05, 0) is 44.7 Å². The average molecular weight is 367 g/mol. The Kier molecular flexibility index (Phi) is 4.81. The van der Waals surface area contributed by atoms with Gasteiger partial charge in [-0.15, -0.1) is 0 Å². The number of rotatable bonds is 2. The van der Waals surface area contributed by atoms with Gasteiger partial charge in [0.1, 0.15) is 0 Å². The second-order valence-corrected chi connectivity index (χ2v) is 9.08. The summed E-state index contributed by atoms with van der Waals surface area (Å²) in [6, 6.07) is 3.60. The standard InChI is InChI=1S/C17H25N3O4S/c1-11-5-6-13-15(20(11)17(21)24-2)8-7-14(16(13)18)19-12-4-3-9-25(22,23)10-12/h7-8,11-12,19H,3-6,9-10,18H2,1-2H3/t11-,12?/m0/s1. The van der Waals surface area contributed by atoms with Crippen LogP contribution in [0.2, 0.25) is 0 Å². The third-order valence-electron chi connectivity index (χ3n) is 5.04. The van der Waals surface area contributed by atoms with Gasteiger partial charge in [-0.2, -0.15) is 0 Å². The van der Waals surface area contributed by atoms with Gasteiger partial charge in [-0.25, -0.2) is 13.2 Å². The van der Waals surface area contributed by atoms with Crippen LogP contribution in [0.5, 0.6) is 0 Å². The van der Waals surface area contributed by atoms with Gasteiger partial charge in [0.05, 0.1) is 35.7 Å². The number of hydrogen-bond acceptors (Lipinski definition) is 6. The molecule has 0 aromatic heterocycles. The van der Waals surface area contributed by atoms with Crippen molar-refractivity contribution in [3.63, 3.8) is 0 Å². The summed E-state index contributed by atoms with van der Waals surface area (Å²) in [7, 11) is -1.62. The first kappa shape index (κ1) is 17.8. The fourth-order valence-electron chi connectivity index (χ4n) is 3.72. The summed E-state index contributed by atoms with van der Waals surface area (Å²) >= 11 is 0. The van der Waals surface area contributed by atoms with E-state index in [1.165, 1.54) is 7.11 Å². The highest BCUT2D eigenvalue weighted by Gasteiger charge is 2.31. The molecule has 1 amide bonds. The summed E-state index contributed by atoms with van der Waals surface area (Å²) in [6.45, 7) is 1.98. The van der Waals surface area contributed by atoms with E-state index in [0.29, 0.717) is 12.1 Å². The molecule has 1 fully saturated rings. The second kappa shape index (κ2) is 6.74. The van der Waals surface area contributed by atoms with E-state index < -0.39 is 15.9 Å². The predicted molar refractivity (Wildman–Crippen MR) is 98.8 cm³/mol. The maximum absolute atomic E-state index is 12.1. The van der Waals surface area contributed by atoms with Gasteiger partial charge < -0.3 is 15.8 Å². The molecule has 1 aromatic carbocycles. The average Bonchev–Trinajstić information content (AvgIpc) is 2.56. The number of nitrogen functional groups attached to an aromatic ring is 1. The van der Waals surface area contributed by atoms with Crippen LogP contribution in [-0.2, 0) is 21.0 Å². The lowest BCUT2D eigenvalue weighted by atomic mass is 9.94. The van der Waals surface area contributed by atoms with E-state index in [9.17, 15) is 13.2 Å². The summed E-state index contributed by atoms with van der Waals surface area (Å²) in [4.78, 5) is 13.7. The van der Waals surface area contributed by atoms with E-state index in [1.54, 1.807) is 4.90 Å². The second-order valence-electron chi connectivity index (χ2n) is 6.85. The van der Waals surface area contributed by atoms with Crippen LogP contribution < -0.4 is 16.0 Å². The first-order valence-corrected chi connectivity index (χ1v) is 10.4. The molecule has 25 heavy (non-hydrogen) atoms. The Morgan fingerprint density at radius 1 is 1.36 bits per heavy atom. The quantitative estimate of drug-likeness (QED) is 0.777. The van der Waals surface area contributed by atoms with E-state index in [4.69, 9.17) is 10.5 Å². The van der Waals surface area contributed by atoms with Crippen LogP contribution in [0.4, 0.5) is 21.9 Å². The highest BCUT2D eigenvalue weighted by molar-refractivity contribution is 7.91. The van der Waals surface area contributed by atoms with Crippen molar-refractivity contribution in [3.05, 3.63) is 17.7 Å². The number of nitrogens with two attached hydrogens (primary N) is 1. The van der Waals surface area contributed by atoms with Gasteiger partial charge in [-0.1, -0.05) is 0 Å². The van der Waals surface area contributed by atoms with E-state index in [2.05, 4.69) is 5.32 Å². The molecule has 2 atom stereocenters. The molecule has 0 saturated carbocycles. The number of fused-ring (bicyclic) bond motifs is 1. The number of anilines is 3. The Bertz CT molecular complexity index is 778. The molecule has 2 aliphatic heterocycles. The van der Waals surface area contributed by atoms with Crippen LogP contribution in [-0.4, -0.2) is 45.2 Å². The van der Waals surface area contributed by atoms with Crippen molar-refractivity contribution in [2.75, 3.05) is 34.6 Å². The number of hydrogen-bond donors (Lipinski definition) is 2. The number of benzene rings is 1. The van der Waals surface area contributed by atoms with Crippen LogP contribution in [0.3, 0.4) is 0 Å². The van der Waals surface area contributed by atoms with Crippen LogP contribution in [0.25, 0.3) is 0 Å². The first-order chi connectivity index (χ1) is 11.8. The summed E-state index contributed by atoms with van der Waals surface area (Å²) in [5.41, 5.74) is 9.35. The van der Waals surface area contributed by atoms with Crippen LogP contribution in [0.1, 0.15) is 31.7 Å². The molecule has 3 rings (SSSR count). The number of ether oxygens (including phenoxy) is 1. The molecule has 0 aliphatic carbocycles. The zero-order chi connectivity index (χ0) is 18.2. The highest BCUT2D eigenvalue weighted by Crippen LogP contribution is 2.39. The molecule has 1 aromatic rings. The molecule has 0 bridgehead atoms. The zero-order valence-electron chi connectivity index (χ0n) is 14.6. The molecule has 138 valence electrons. The van der Waals surface area contributed by atoms with Crippen molar-refractivity contribution < 1.29 is 17.9 Å². The summed E-state index contributed by atoms with van der Waals surface area (Å²) in [6.07, 6.45) is 2.65. The lowest BCUT2D eigenvalue weighted by Crippen LogP contribution is -2.42. The van der Waals surface area contributed by atoms with Gasteiger partial charge in [0, 0.05) is 17.6 Å². The third-order valence-corrected chi connectivity index (χ3v) is 6.86. The molecule has 8 heteroatoms. The Morgan fingerprint density at radius 2 is 2.12 bits per heavy atom. The first-order valence-electron chi connectivity index (χ1n) is 8.58. The van der Waals surface area contributed by atoms with Gasteiger partial charge in [0.15, 0.2) is 9.84 Å². The Balaban J connectivity index is 1.88. The number of sulfone groups is 1. The number of nitrogens with zero attached hydrogens (tertiary/aromatic N) is 1. The molecule has 3 N–H and O–H groups in total. The fraction of sp³-hybridized carbons (Fsp3) is 0.588. The smallest absolute Gasteiger partial charge is 0.414 e. The number of methoxy groups -OCH3 is 1. The molecular formula is C17H25N3O4S. The summed E-state index contributed by atoms with van der Waals surface area (Å²) in [5.74, 6) is 0.395. The van der Waals surface area contributed by atoms with E-state index in [1.807, 2.05) is 19.1 Å². The van der Waals surface area contributed by atoms with Crippen LogP contribution in [0.15, 0.2) is 12.1 Å². The van der Waals surface area contributed by atoms with E-state index in [0.717, 1.165) is 36.2 Å². The minimum atomic E-state index is -2.99.